The minimum Gasteiger partial charge on any atom is -0.481 e. The summed E-state index contributed by atoms with van der Waals surface area (Å²) >= 11 is 0. The van der Waals surface area contributed by atoms with Gasteiger partial charge in [0.05, 0.1) is 12.2 Å². The molecule has 3 amide bonds. The Morgan fingerprint density at radius 3 is 2.19 bits per heavy atom. The number of benzene rings is 2. The molecule has 0 radical (unpaired) electrons. The number of aliphatic carboxylic acids is 1. The Morgan fingerprint density at radius 1 is 0.872 bits per heavy atom. The van der Waals surface area contributed by atoms with Crippen LogP contribution in [0.15, 0.2) is 48.5 Å². The summed E-state index contributed by atoms with van der Waals surface area (Å²) in [4.78, 5) is 62.9. The number of rotatable bonds is 16. The molecule has 0 saturated carbocycles. The zero-order chi connectivity index (χ0) is 34.8. The molecule has 2 aromatic carbocycles. The van der Waals surface area contributed by atoms with Gasteiger partial charge in [-0.15, -0.1) is 0 Å². The van der Waals surface area contributed by atoms with Gasteiger partial charge in [0.25, 0.3) is 0 Å². The second kappa shape index (κ2) is 19.5. The molecular weight excluding hydrogens is 606 g/mol. The fourth-order valence-corrected chi connectivity index (χ4v) is 4.29. The maximum atomic E-state index is 13.7. The molecule has 254 valence electrons. The number of carbonyl (C=O) groups is 5. The third-order valence-corrected chi connectivity index (χ3v) is 6.41. The summed E-state index contributed by atoms with van der Waals surface area (Å²) in [5, 5.41) is 17.4. The Bertz CT molecular complexity index is 1430. The molecule has 0 spiro atoms. The first-order valence-corrected chi connectivity index (χ1v) is 15.6. The Balaban J connectivity index is 2.42. The van der Waals surface area contributed by atoms with Gasteiger partial charge in [-0.1, -0.05) is 62.1 Å². The van der Waals surface area contributed by atoms with Crippen LogP contribution in [0.5, 0.6) is 5.75 Å². The van der Waals surface area contributed by atoms with Gasteiger partial charge in [-0.25, -0.2) is 14.4 Å². The molecule has 0 saturated heterocycles. The van der Waals surface area contributed by atoms with Crippen molar-refractivity contribution in [2.45, 2.75) is 84.4 Å². The number of nitrogens with one attached hydrogen (secondary N) is 3. The molecule has 0 bridgehead atoms. The van der Waals surface area contributed by atoms with Crippen molar-refractivity contribution in [3.63, 3.8) is 0 Å². The number of amides is 3. The number of alkyl carbamates (subject to hydrolysis) is 1. The average Bonchev–Trinajstić information content (AvgIpc) is 3.00. The lowest BCUT2D eigenvalue weighted by Gasteiger charge is -2.25. The summed E-state index contributed by atoms with van der Waals surface area (Å²) < 4.78 is 15.6. The monoisotopic (exact) mass is 651 g/mol. The molecule has 0 heterocycles. The molecule has 0 aliphatic heterocycles. The van der Waals surface area contributed by atoms with E-state index < -0.39 is 54.1 Å². The zero-order valence-corrected chi connectivity index (χ0v) is 27.6. The van der Waals surface area contributed by atoms with E-state index in [1.54, 1.807) is 39.8 Å². The summed E-state index contributed by atoms with van der Waals surface area (Å²) in [6.45, 7) is 8.70. The fourth-order valence-electron chi connectivity index (χ4n) is 4.29. The molecule has 0 aliphatic rings. The van der Waals surface area contributed by atoms with Crippen molar-refractivity contribution in [1.82, 2.24) is 16.0 Å². The van der Waals surface area contributed by atoms with Crippen molar-refractivity contribution >= 4 is 29.8 Å². The van der Waals surface area contributed by atoms with E-state index in [2.05, 4.69) is 27.8 Å². The lowest BCUT2D eigenvalue weighted by molar-refractivity contribution is -0.139. The molecule has 0 fully saturated rings. The number of esters is 1. The molecule has 12 heteroatoms. The van der Waals surface area contributed by atoms with Crippen LogP contribution in [0.2, 0.25) is 0 Å². The highest BCUT2D eigenvalue weighted by Crippen LogP contribution is 2.21. The van der Waals surface area contributed by atoms with E-state index in [9.17, 15) is 24.0 Å². The van der Waals surface area contributed by atoms with Crippen molar-refractivity contribution in [2.75, 3.05) is 19.8 Å². The van der Waals surface area contributed by atoms with Crippen LogP contribution in [0.3, 0.4) is 0 Å². The molecule has 47 heavy (non-hydrogen) atoms. The second-order valence-corrected chi connectivity index (χ2v) is 11.6. The number of hydrogen-bond acceptors (Lipinski definition) is 8. The lowest BCUT2D eigenvalue weighted by Crippen LogP contribution is -2.55. The van der Waals surface area contributed by atoms with E-state index in [-0.39, 0.29) is 30.8 Å². The Morgan fingerprint density at radius 2 is 1.55 bits per heavy atom. The van der Waals surface area contributed by atoms with Gasteiger partial charge >= 0.3 is 18.0 Å². The van der Waals surface area contributed by atoms with Crippen LogP contribution in [-0.2, 0) is 41.5 Å². The van der Waals surface area contributed by atoms with Crippen LogP contribution in [0.4, 0.5) is 4.79 Å². The number of carboxylic acid groups (broad SMARTS) is 1. The predicted molar refractivity (Wildman–Crippen MR) is 175 cm³/mol. The molecule has 2 atom stereocenters. The van der Waals surface area contributed by atoms with Crippen LogP contribution < -0.4 is 20.7 Å². The summed E-state index contributed by atoms with van der Waals surface area (Å²) in [7, 11) is 0. The van der Waals surface area contributed by atoms with E-state index >= 15 is 0 Å². The minimum absolute atomic E-state index is 0.00312. The lowest BCUT2D eigenvalue weighted by atomic mass is 10.0. The maximum absolute atomic E-state index is 13.7. The van der Waals surface area contributed by atoms with Crippen LogP contribution in [0.25, 0.3) is 0 Å². The summed E-state index contributed by atoms with van der Waals surface area (Å²) in [6.07, 6.45) is 1.98. The van der Waals surface area contributed by atoms with Crippen molar-refractivity contribution in [2.24, 2.45) is 0 Å². The molecule has 2 aromatic rings. The van der Waals surface area contributed by atoms with Crippen molar-refractivity contribution in [1.29, 1.82) is 0 Å². The van der Waals surface area contributed by atoms with Gasteiger partial charge in [-0.05, 0) is 57.4 Å². The molecular formula is C35H45N3O9. The fraction of sp³-hybridized carbons (Fsp3) is 0.457. The maximum Gasteiger partial charge on any atom is 0.408 e. The Hall–Kier alpha value is -5.05. The normalized spacial score (nSPS) is 11.9. The molecule has 0 aliphatic carbocycles. The zero-order valence-electron chi connectivity index (χ0n) is 27.6. The number of unbranched alkanes of at least 4 members (excludes halogenated alkanes) is 2. The summed E-state index contributed by atoms with van der Waals surface area (Å²) in [5.41, 5.74) is 0.715. The third-order valence-electron chi connectivity index (χ3n) is 6.41. The smallest absolute Gasteiger partial charge is 0.408 e. The van der Waals surface area contributed by atoms with Crippen LogP contribution in [0, 0.1) is 11.8 Å². The molecule has 0 aromatic heterocycles. The number of hydrogen-bond donors (Lipinski definition) is 4. The van der Waals surface area contributed by atoms with E-state index in [1.807, 2.05) is 37.3 Å². The van der Waals surface area contributed by atoms with E-state index in [0.29, 0.717) is 12.1 Å². The van der Waals surface area contributed by atoms with Gasteiger partial charge in [-0.3, -0.25) is 9.59 Å². The third kappa shape index (κ3) is 15.2. The topological polar surface area (TPSA) is 169 Å². The molecule has 4 N–H and O–H groups in total. The minimum atomic E-state index is -1.20. The quantitative estimate of drug-likeness (QED) is 0.121. The largest absolute Gasteiger partial charge is 0.481 e. The summed E-state index contributed by atoms with van der Waals surface area (Å²) in [5.74, 6) is 2.08. The van der Waals surface area contributed by atoms with Crippen molar-refractivity contribution < 1.29 is 43.3 Å². The van der Waals surface area contributed by atoms with E-state index in [1.165, 1.54) is 6.07 Å². The Kier molecular flexibility index (Phi) is 15.8. The highest BCUT2D eigenvalue weighted by molar-refractivity contribution is 5.92. The molecule has 2 rings (SSSR count). The second-order valence-electron chi connectivity index (χ2n) is 11.6. The van der Waals surface area contributed by atoms with Gasteiger partial charge in [0.2, 0.25) is 11.8 Å². The SMILES string of the molecule is CCCCCNC(=O)C(Cc1ccc(OCC(=O)O)c(C#CC(=O)OCC)c1)NC(=O)C(Cc1ccccc1)NC(=O)OC(C)(C)C. The number of ether oxygens (including phenoxy) is 3. The van der Waals surface area contributed by atoms with E-state index in [4.69, 9.17) is 19.3 Å². The van der Waals surface area contributed by atoms with Crippen LogP contribution in [0.1, 0.15) is 70.6 Å². The standard InChI is InChI=1S/C35H45N3O9/c1-6-8-12-19-36-32(42)27(22-25-15-17-29(46-23-30(39)40)26(20-25)16-18-31(41)45-7-2)37-33(43)28(21-24-13-10-9-11-14-24)38-34(44)47-35(3,4)5/h9-11,13-15,17,20,27-28H,6-8,12,19,21-23H2,1-5H3,(H,36,42)(H,37,43)(H,38,44)(H,39,40). The van der Waals surface area contributed by atoms with Crippen LogP contribution >= 0.6 is 0 Å². The first kappa shape index (κ1) is 38.1. The van der Waals surface area contributed by atoms with E-state index in [0.717, 1.165) is 24.8 Å². The van der Waals surface area contributed by atoms with Gasteiger partial charge in [0.1, 0.15) is 23.4 Å². The van der Waals surface area contributed by atoms with Gasteiger partial charge in [0.15, 0.2) is 6.61 Å². The first-order chi connectivity index (χ1) is 22.3. The average molecular weight is 652 g/mol. The first-order valence-electron chi connectivity index (χ1n) is 15.6. The molecule has 2 unspecified atom stereocenters. The van der Waals surface area contributed by atoms with Crippen molar-refractivity contribution in [3.05, 3.63) is 65.2 Å². The van der Waals surface area contributed by atoms with Gasteiger partial charge in [0, 0.05) is 25.3 Å². The van der Waals surface area contributed by atoms with Crippen molar-refractivity contribution in [3.8, 4) is 17.6 Å². The molecule has 12 nitrogen and oxygen atoms in total. The highest BCUT2D eigenvalue weighted by Gasteiger charge is 2.29. The van der Waals surface area contributed by atoms with Gasteiger partial charge in [-0.2, -0.15) is 0 Å². The summed E-state index contributed by atoms with van der Waals surface area (Å²) in [6, 6.07) is 11.6. The highest BCUT2D eigenvalue weighted by atomic mass is 16.6. The van der Waals surface area contributed by atoms with Crippen LogP contribution in [-0.4, -0.2) is 72.4 Å². The van der Waals surface area contributed by atoms with Gasteiger partial charge < -0.3 is 35.3 Å². The Labute approximate surface area is 275 Å². The number of carboxylic acids is 1. The number of carbonyl (C=O) groups excluding carboxylic acids is 4. The predicted octanol–water partition coefficient (Wildman–Crippen LogP) is 3.53.